The number of hydrogen-bond donors (Lipinski definition) is 0. The second-order valence-electron chi connectivity index (χ2n) is 10.1. The number of hydrogen-bond acceptors (Lipinski definition) is 10. The Hall–Kier alpha value is -5.34. The highest BCUT2D eigenvalue weighted by Gasteiger charge is 2.36. The first-order chi connectivity index (χ1) is 23.3. The molecule has 0 atom stereocenters. The zero-order valence-corrected chi connectivity index (χ0v) is 26.5. The number of halogens is 2. The average Bonchev–Trinajstić information content (AvgIpc) is 3.49. The van der Waals surface area contributed by atoms with Gasteiger partial charge in [-0.15, -0.1) is 0 Å². The first-order valence-corrected chi connectivity index (χ1v) is 16.6. The van der Waals surface area contributed by atoms with Crippen LogP contribution in [0, 0.1) is 11.6 Å². The number of imide groups is 2. The summed E-state index contributed by atoms with van der Waals surface area (Å²) in [7, 11) is 1.73. The summed E-state index contributed by atoms with van der Waals surface area (Å²) in [6.45, 7) is -0.568. The molecular weight excluding hydrogens is 663 g/mol. The van der Waals surface area contributed by atoms with Gasteiger partial charge < -0.3 is 9.47 Å². The van der Waals surface area contributed by atoms with E-state index in [1.165, 1.54) is 36.4 Å². The minimum Gasteiger partial charge on any atom is -0.470 e. The number of rotatable bonds is 8. The van der Waals surface area contributed by atoms with Crippen molar-refractivity contribution in [3.8, 4) is 0 Å². The molecule has 14 heteroatoms. The van der Waals surface area contributed by atoms with E-state index in [-0.39, 0.29) is 48.1 Å². The van der Waals surface area contributed by atoms with E-state index < -0.39 is 35.3 Å². The van der Waals surface area contributed by atoms with Gasteiger partial charge in [-0.1, -0.05) is 48.5 Å². The third-order valence-corrected chi connectivity index (χ3v) is 9.04. The zero-order chi connectivity index (χ0) is 33.6. The van der Waals surface area contributed by atoms with Crippen molar-refractivity contribution < 1.29 is 37.4 Å². The predicted molar refractivity (Wildman–Crippen MR) is 178 cm³/mol. The second-order valence-corrected chi connectivity index (χ2v) is 12.2. The third kappa shape index (κ3) is 6.99. The lowest BCUT2D eigenvalue weighted by Gasteiger charge is -2.16. The van der Waals surface area contributed by atoms with Crippen molar-refractivity contribution in [2.24, 2.45) is 9.98 Å². The fourth-order valence-corrected chi connectivity index (χ4v) is 6.45. The molecule has 6 rings (SSSR count). The maximum Gasteiger partial charge on any atom is 0.262 e. The highest BCUT2D eigenvalue weighted by molar-refractivity contribution is 8.87. The van der Waals surface area contributed by atoms with Gasteiger partial charge in [0.25, 0.3) is 34.1 Å². The molecular formula is C34H24F2N4O6S2. The lowest BCUT2D eigenvalue weighted by Crippen LogP contribution is -2.33. The topological polar surface area (TPSA) is 118 Å². The summed E-state index contributed by atoms with van der Waals surface area (Å²) in [6, 6.07) is 24.4. The van der Waals surface area contributed by atoms with Crippen LogP contribution in [0.25, 0.3) is 0 Å². The molecule has 2 aliphatic rings. The molecule has 0 saturated carbocycles. The van der Waals surface area contributed by atoms with Crippen molar-refractivity contribution in [2.45, 2.75) is 0 Å². The molecule has 4 aromatic rings. The fraction of sp³-hybridized carbons (Fsp3) is 0.118. The van der Waals surface area contributed by atoms with E-state index in [1.807, 2.05) is 0 Å². The van der Waals surface area contributed by atoms with Crippen LogP contribution in [-0.2, 0) is 9.47 Å². The van der Waals surface area contributed by atoms with Crippen LogP contribution in [0.2, 0.25) is 0 Å². The van der Waals surface area contributed by atoms with Gasteiger partial charge >= 0.3 is 0 Å². The number of carbonyl (C=O) groups is 4. The minimum absolute atomic E-state index is 0.0412. The molecule has 0 N–H and O–H groups in total. The highest BCUT2D eigenvalue weighted by atomic mass is 33.1. The molecule has 4 aromatic carbocycles. The van der Waals surface area contributed by atoms with Crippen molar-refractivity contribution >= 4 is 67.1 Å². The normalized spacial score (nSPS) is 14.5. The van der Waals surface area contributed by atoms with Gasteiger partial charge in [-0.3, -0.25) is 29.0 Å². The molecule has 4 amide bonds. The Morgan fingerprint density at radius 2 is 0.833 bits per heavy atom. The summed E-state index contributed by atoms with van der Waals surface area (Å²) in [6.07, 6.45) is 0. The Morgan fingerprint density at radius 1 is 0.521 bits per heavy atom. The smallest absolute Gasteiger partial charge is 0.262 e. The number of para-hydroxylation sites is 2. The summed E-state index contributed by atoms with van der Waals surface area (Å²) >= 11 is 0. The first kappa shape index (κ1) is 32.6. The van der Waals surface area contributed by atoms with Crippen LogP contribution < -0.4 is 0 Å². The molecule has 0 spiro atoms. The number of nitrogens with zero attached hydrogens (tertiary/aromatic N) is 4. The van der Waals surface area contributed by atoms with Crippen LogP contribution in [0.1, 0.15) is 41.4 Å². The molecule has 0 aliphatic carbocycles. The van der Waals surface area contributed by atoms with Gasteiger partial charge in [0.05, 0.1) is 35.3 Å². The molecule has 0 saturated heterocycles. The van der Waals surface area contributed by atoms with Crippen LogP contribution in [0.15, 0.2) is 107 Å². The number of carbonyl (C=O) groups excluding carboxylic acids is 4. The van der Waals surface area contributed by atoms with Gasteiger partial charge in [0.15, 0.2) is 0 Å². The van der Waals surface area contributed by atoms with E-state index in [4.69, 9.17) is 9.47 Å². The molecule has 2 heterocycles. The van der Waals surface area contributed by atoms with Crippen molar-refractivity contribution in [2.75, 3.05) is 26.3 Å². The monoisotopic (exact) mass is 686 g/mol. The lowest BCUT2D eigenvalue weighted by atomic mass is 10.1. The molecule has 242 valence electrons. The fourth-order valence-electron chi connectivity index (χ4n) is 4.84. The maximum atomic E-state index is 14.6. The number of amides is 4. The van der Waals surface area contributed by atoms with Crippen molar-refractivity contribution in [1.29, 1.82) is 0 Å². The van der Waals surface area contributed by atoms with Crippen molar-refractivity contribution in [3.05, 3.63) is 131 Å². The number of ether oxygens (including phenoxy) is 2. The van der Waals surface area contributed by atoms with E-state index >= 15 is 0 Å². The number of benzene rings is 4. The van der Waals surface area contributed by atoms with Crippen LogP contribution in [0.4, 0.5) is 20.2 Å². The molecule has 0 aromatic heterocycles. The molecule has 2 aliphatic heterocycles. The summed E-state index contributed by atoms with van der Waals surface area (Å²) < 4.78 is 40.8. The largest absolute Gasteiger partial charge is 0.470 e. The number of aliphatic imine (C=N–C) groups is 2. The maximum absolute atomic E-state index is 14.6. The number of fused-ring (bicyclic) bond motifs is 2. The van der Waals surface area contributed by atoms with E-state index in [0.29, 0.717) is 22.3 Å². The van der Waals surface area contributed by atoms with E-state index in [2.05, 4.69) is 9.98 Å². The van der Waals surface area contributed by atoms with E-state index in [1.54, 1.807) is 60.7 Å². The van der Waals surface area contributed by atoms with Gasteiger partial charge in [-0.2, -0.15) is 0 Å². The highest BCUT2D eigenvalue weighted by Crippen LogP contribution is 2.32. The van der Waals surface area contributed by atoms with Crippen molar-refractivity contribution in [1.82, 2.24) is 9.80 Å². The Kier molecular flexibility index (Phi) is 9.92. The zero-order valence-electron chi connectivity index (χ0n) is 24.9. The van der Waals surface area contributed by atoms with Crippen LogP contribution >= 0.6 is 21.6 Å². The van der Waals surface area contributed by atoms with Crippen LogP contribution in [-0.4, -0.2) is 70.2 Å². The van der Waals surface area contributed by atoms with Gasteiger partial charge in [-0.05, 0) is 48.5 Å². The molecule has 0 fully saturated rings. The SMILES string of the molecule is O=C1c2ccccc2C(=O)N1CCOC(=Nc1ccccc1F)SSC(=Nc1ccccc1F)OCCN1C(=O)c2ccccc2C1=O. The van der Waals surface area contributed by atoms with Gasteiger partial charge in [0.1, 0.15) is 36.2 Å². The standard InChI is InChI=1S/C34H24F2N4O6S2/c35-25-13-5-7-15-27(25)37-33(45-19-17-39-29(41)21-9-1-2-10-22(21)30(39)42)47-48-34(38-28-16-8-6-14-26(28)36)46-20-18-40-31(43)23-11-3-4-12-24(23)32(40)44/h1-16H,17-20H2. The molecule has 0 radical (unpaired) electrons. The van der Waals surface area contributed by atoms with E-state index in [0.717, 1.165) is 31.4 Å². The molecule has 0 unspecified atom stereocenters. The van der Waals surface area contributed by atoms with E-state index in [9.17, 15) is 28.0 Å². The first-order valence-electron chi connectivity index (χ1n) is 14.5. The average molecular weight is 687 g/mol. The Balaban J connectivity index is 1.17. The summed E-state index contributed by atoms with van der Waals surface area (Å²) in [4.78, 5) is 61.8. The van der Waals surface area contributed by atoms with Crippen molar-refractivity contribution in [3.63, 3.8) is 0 Å². The third-order valence-electron chi connectivity index (χ3n) is 7.15. The summed E-state index contributed by atoms with van der Waals surface area (Å²) in [5, 5.41) is -0.154. The Morgan fingerprint density at radius 3 is 1.17 bits per heavy atom. The van der Waals surface area contributed by atoms with Crippen LogP contribution in [0.3, 0.4) is 0 Å². The predicted octanol–water partition coefficient (Wildman–Crippen LogP) is 6.65. The lowest BCUT2D eigenvalue weighted by molar-refractivity contribution is 0.0615. The minimum atomic E-state index is -0.623. The van der Waals surface area contributed by atoms with Gasteiger partial charge in [0.2, 0.25) is 0 Å². The summed E-state index contributed by atoms with van der Waals surface area (Å²) in [5.74, 6) is -3.08. The molecule has 0 bridgehead atoms. The Bertz CT molecular complexity index is 1780. The van der Waals surface area contributed by atoms with Crippen LogP contribution in [0.5, 0.6) is 0 Å². The molecule has 48 heavy (non-hydrogen) atoms. The quantitative estimate of drug-likeness (QED) is 0.0876. The van der Waals surface area contributed by atoms with Gasteiger partial charge in [0, 0.05) is 21.6 Å². The molecule has 10 nitrogen and oxygen atoms in total. The second kappa shape index (κ2) is 14.6. The van der Waals surface area contributed by atoms with Gasteiger partial charge in [-0.25, -0.2) is 18.8 Å². The Labute approximate surface area is 280 Å². The summed E-state index contributed by atoms with van der Waals surface area (Å²) in [5.41, 5.74) is 1.08.